The first-order valence-electron chi connectivity index (χ1n) is 12.5. The summed E-state index contributed by atoms with van der Waals surface area (Å²) in [5, 5.41) is 72.6. The highest BCUT2D eigenvalue weighted by molar-refractivity contribution is 5.95. The molecule has 12 heteroatoms. The van der Waals surface area contributed by atoms with Crippen molar-refractivity contribution in [3.8, 4) is 5.75 Å². The molecule has 0 aromatic heterocycles. The molecule has 214 valence electrons. The monoisotopic (exact) mass is 550 g/mol. The van der Waals surface area contributed by atoms with Gasteiger partial charge in [0.1, 0.15) is 54.6 Å². The molecule has 2 aromatic rings. The average Bonchev–Trinajstić information content (AvgIpc) is 2.95. The number of ether oxygens (including phenoxy) is 4. The van der Waals surface area contributed by atoms with Crippen LogP contribution in [-0.4, -0.2) is 123 Å². The maximum Gasteiger partial charge on any atom is 0.187 e. The second kappa shape index (κ2) is 12.8. The normalized spacial score (nSPS) is 35.4. The Morgan fingerprint density at radius 1 is 0.821 bits per heavy atom. The van der Waals surface area contributed by atoms with Crippen LogP contribution in [0.3, 0.4) is 0 Å². The van der Waals surface area contributed by atoms with Gasteiger partial charge in [0, 0.05) is 6.42 Å². The van der Waals surface area contributed by atoms with Crippen molar-refractivity contribution in [2.75, 3.05) is 20.3 Å². The summed E-state index contributed by atoms with van der Waals surface area (Å²) in [4.78, 5) is 12.7. The van der Waals surface area contributed by atoms with Crippen molar-refractivity contribution in [3.63, 3.8) is 0 Å². The van der Waals surface area contributed by atoms with Gasteiger partial charge in [0.15, 0.2) is 12.1 Å². The van der Waals surface area contributed by atoms with Crippen LogP contribution < -0.4 is 4.74 Å². The van der Waals surface area contributed by atoms with Gasteiger partial charge >= 0.3 is 0 Å². The van der Waals surface area contributed by atoms with Crippen molar-refractivity contribution in [1.29, 1.82) is 0 Å². The highest BCUT2D eigenvalue weighted by atomic mass is 16.7. The zero-order valence-corrected chi connectivity index (χ0v) is 21.2. The summed E-state index contributed by atoms with van der Waals surface area (Å²) in [5.74, 6) is 0.335. The van der Waals surface area contributed by atoms with E-state index in [2.05, 4.69) is 0 Å². The van der Waals surface area contributed by atoms with Gasteiger partial charge in [-0.2, -0.15) is 0 Å². The number of rotatable bonds is 9. The Hall–Kier alpha value is -2.49. The first-order valence-corrected chi connectivity index (χ1v) is 12.5. The Morgan fingerprint density at radius 2 is 1.49 bits per heavy atom. The quantitative estimate of drug-likeness (QED) is 0.179. The van der Waals surface area contributed by atoms with E-state index in [9.17, 15) is 40.5 Å². The molecule has 4 rings (SSSR count). The van der Waals surface area contributed by atoms with Gasteiger partial charge in [-0.3, -0.25) is 4.79 Å². The molecular weight excluding hydrogens is 516 g/mol. The molecular formula is C27H34O12. The number of allylic oxidation sites excluding steroid dienone is 1. The van der Waals surface area contributed by atoms with Crippen LogP contribution in [0.5, 0.6) is 5.75 Å². The molecule has 0 amide bonds. The topological polar surface area (TPSA) is 196 Å². The number of methoxy groups -OCH3 is 1. The molecule has 2 aromatic carbocycles. The second-order valence-corrected chi connectivity index (χ2v) is 9.65. The van der Waals surface area contributed by atoms with E-state index in [1.807, 2.05) is 36.4 Å². The molecule has 2 heterocycles. The van der Waals surface area contributed by atoms with E-state index in [4.69, 9.17) is 18.9 Å². The van der Waals surface area contributed by atoms with Crippen molar-refractivity contribution in [1.82, 2.24) is 0 Å². The maximum atomic E-state index is 12.7. The third-order valence-electron chi connectivity index (χ3n) is 7.04. The average molecular weight is 551 g/mol. The summed E-state index contributed by atoms with van der Waals surface area (Å²) < 4.78 is 21.7. The molecule has 0 aliphatic carbocycles. The molecule has 10 atom stereocenters. The SMILES string of the molecule is COc1ccc2cc(/C=C/C(=O)C[C@@H]3OC(CO)[C@@H](O[C@@H]4OC(CO)[C@H](O)[C@H](O)C4O)C(O)[C@@H]3O)ccc2c1. The Balaban J connectivity index is 1.39. The smallest absolute Gasteiger partial charge is 0.187 e. The van der Waals surface area contributed by atoms with E-state index in [0.29, 0.717) is 0 Å². The number of aliphatic hydroxyl groups is 7. The number of carbonyl (C=O) groups is 1. The Morgan fingerprint density at radius 3 is 2.18 bits per heavy atom. The lowest BCUT2D eigenvalue weighted by molar-refractivity contribution is -0.341. The summed E-state index contributed by atoms with van der Waals surface area (Å²) in [7, 11) is 1.59. The standard InChI is InChI=1S/C27H34O12/c1-36-17-7-5-14-8-13(2-4-15(14)9-17)3-6-16(30)10-18-21(31)24(34)26(20(12-29)37-18)39-27-25(35)23(33)22(32)19(11-28)38-27/h2-9,18-29,31-35H,10-12H2,1H3/b6-3+/t18-,19?,20?,21+,22-,23-,24?,25?,26+,27-/m0/s1. The molecule has 0 saturated carbocycles. The third-order valence-corrected chi connectivity index (χ3v) is 7.04. The lowest BCUT2D eigenvalue weighted by Gasteiger charge is -2.46. The number of hydrogen-bond donors (Lipinski definition) is 7. The Bertz CT molecular complexity index is 1150. The van der Waals surface area contributed by atoms with Gasteiger partial charge in [0.25, 0.3) is 0 Å². The van der Waals surface area contributed by atoms with Gasteiger partial charge in [-0.25, -0.2) is 0 Å². The van der Waals surface area contributed by atoms with E-state index in [0.717, 1.165) is 22.1 Å². The lowest BCUT2D eigenvalue weighted by Crippen LogP contribution is -2.64. The third kappa shape index (κ3) is 6.47. The summed E-state index contributed by atoms with van der Waals surface area (Å²) in [6.07, 6.45) is -12.4. The molecule has 39 heavy (non-hydrogen) atoms. The van der Waals surface area contributed by atoms with Crippen LogP contribution in [0.25, 0.3) is 16.8 Å². The number of benzene rings is 2. The summed E-state index contributed by atoms with van der Waals surface area (Å²) in [6, 6.07) is 11.3. The molecule has 12 nitrogen and oxygen atoms in total. The van der Waals surface area contributed by atoms with Crippen LogP contribution in [0.15, 0.2) is 42.5 Å². The van der Waals surface area contributed by atoms with Crippen LogP contribution in [0.1, 0.15) is 12.0 Å². The van der Waals surface area contributed by atoms with Crippen molar-refractivity contribution in [2.24, 2.45) is 0 Å². The molecule has 2 aliphatic rings. The largest absolute Gasteiger partial charge is 0.497 e. The molecule has 2 saturated heterocycles. The summed E-state index contributed by atoms with van der Waals surface area (Å²) in [5.41, 5.74) is 0.771. The molecule has 4 unspecified atom stereocenters. The van der Waals surface area contributed by atoms with Gasteiger partial charge in [0.05, 0.1) is 26.4 Å². The first kappa shape index (κ1) is 29.5. The molecule has 7 N–H and O–H groups in total. The lowest BCUT2D eigenvalue weighted by atomic mass is 9.92. The van der Waals surface area contributed by atoms with E-state index in [1.165, 1.54) is 6.08 Å². The van der Waals surface area contributed by atoms with Gasteiger partial charge in [-0.1, -0.05) is 24.3 Å². The van der Waals surface area contributed by atoms with Crippen molar-refractivity contribution in [2.45, 2.75) is 67.6 Å². The fourth-order valence-electron chi connectivity index (χ4n) is 4.76. The highest BCUT2D eigenvalue weighted by Crippen LogP contribution is 2.30. The summed E-state index contributed by atoms with van der Waals surface area (Å²) >= 11 is 0. The number of hydrogen-bond acceptors (Lipinski definition) is 12. The zero-order chi connectivity index (χ0) is 28.3. The van der Waals surface area contributed by atoms with Crippen LogP contribution in [-0.2, 0) is 19.0 Å². The fraction of sp³-hybridized carbons (Fsp3) is 0.519. The fourth-order valence-corrected chi connectivity index (χ4v) is 4.76. The number of aliphatic hydroxyl groups excluding tert-OH is 7. The molecule has 0 radical (unpaired) electrons. The predicted octanol–water partition coefficient (Wildman–Crippen LogP) is -1.51. The Labute approximate surface area is 224 Å². The van der Waals surface area contributed by atoms with Gasteiger partial charge < -0.3 is 54.7 Å². The molecule has 0 bridgehead atoms. The predicted molar refractivity (Wildman–Crippen MR) is 136 cm³/mol. The molecule has 2 aliphatic heterocycles. The van der Waals surface area contributed by atoms with Gasteiger partial charge in [0.2, 0.25) is 0 Å². The van der Waals surface area contributed by atoms with Crippen molar-refractivity contribution in [3.05, 3.63) is 48.0 Å². The first-order chi connectivity index (χ1) is 18.7. The summed E-state index contributed by atoms with van der Waals surface area (Å²) in [6.45, 7) is -1.36. The van der Waals surface area contributed by atoms with Crippen LogP contribution in [0.4, 0.5) is 0 Å². The van der Waals surface area contributed by atoms with Crippen LogP contribution in [0, 0.1) is 0 Å². The molecule has 2 fully saturated rings. The Kier molecular flexibility index (Phi) is 9.67. The minimum Gasteiger partial charge on any atom is -0.497 e. The zero-order valence-electron chi connectivity index (χ0n) is 21.2. The van der Waals surface area contributed by atoms with E-state index in [-0.39, 0.29) is 6.42 Å². The van der Waals surface area contributed by atoms with E-state index >= 15 is 0 Å². The van der Waals surface area contributed by atoms with Crippen molar-refractivity contribution >= 4 is 22.6 Å². The second-order valence-electron chi connectivity index (χ2n) is 9.65. The van der Waals surface area contributed by atoms with E-state index in [1.54, 1.807) is 13.2 Å². The molecule has 0 spiro atoms. The van der Waals surface area contributed by atoms with Crippen LogP contribution >= 0.6 is 0 Å². The van der Waals surface area contributed by atoms with Crippen molar-refractivity contribution < 1.29 is 59.5 Å². The van der Waals surface area contributed by atoms with Crippen LogP contribution in [0.2, 0.25) is 0 Å². The number of fused-ring (bicyclic) bond motifs is 1. The minimum absolute atomic E-state index is 0.303. The highest BCUT2D eigenvalue weighted by Gasteiger charge is 2.50. The number of carbonyl (C=O) groups excluding carboxylic acids is 1. The van der Waals surface area contributed by atoms with Gasteiger partial charge in [-0.05, 0) is 40.6 Å². The number of ketones is 1. The minimum atomic E-state index is -1.76. The van der Waals surface area contributed by atoms with Gasteiger partial charge in [-0.15, -0.1) is 0 Å². The van der Waals surface area contributed by atoms with E-state index < -0.39 is 80.2 Å². The maximum absolute atomic E-state index is 12.7.